The number of rotatable bonds is 3. The third-order valence-corrected chi connectivity index (χ3v) is 3.91. The molecule has 1 unspecified atom stereocenters. The molecule has 1 heterocycles. The van der Waals surface area contributed by atoms with Gasteiger partial charge < -0.3 is 10.1 Å². The van der Waals surface area contributed by atoms with E-state index >= 15 is 0 Å². The van der Waals surface area contributed by atoms with Crippen molar-refractivity contribution in [2.75, 3.05) is 6.54 Å². The number of benzene rings is 1. The first-order valence-corrected chi connectivity index (χ1v) is 6.57. The minimum atomic E-state index is -0.499. The smallest absolute Gasteiger partial charge is 0.326 e. The second kappa shape index (κ2) is 5.19. The Kier molecular flexibility index (Phi) is 3.84. The van der Waals surface area contributed by atoms with Crippen LogP contribution in [0.1, 0.15) is 25.3 Å². The minimum Gasteiger partial charge on any atom is -0.459 e. The van der Waals surface area contributed by atoms with Crippen LogP contribution in [0.4, 0.5) is 0 Å². The lowest BCUT2D eigenvalue weighted by Crippen LogP contribution is -2.45. The van der Waals surface area contributed by atoms with E-state index in [-0.39, 0.29) is 5.97 Å². The predicted molar refractivity (Wildman–Crippen MR) is 69.6 cm³/mol. The molecule has 4 heteroatoms. The number of halogens is 1. The van der Waals surface area contributed by atoms with Gasteiger partial charge in [-0.1, -0.05) is 34.1 Å². The molecular formula is C13H16BrNO2. The number of esters is 1. The van der Waals surface area contributed by atoms with Crippen LogP contribution in [-0.4, -0.2) is 18.1 Å². The fourth-order valence-corrected chi connectivity index (χ4v) is 2.39. The highest BCUT2D eigenvalue weighted by Gasteiger charge is 2.37. The maximum Gasteiger partial charge on any atom is 0.326 e. The summed E-state index contributed by atoms with van der Waals surface area (Å²) >= 11 is 3.44. The van der Waals surface area contributed by atoms with E-state index in [0.717, 1.165) is 29.4 Å². The van der Waals surface area contributed by atoms with Crippen molar-refractivity contribution in [2.45, 2.75) is 31.9 Å². The number of ether oxygens (including phenoxy) is 1. The van der Waals surface area contributed by atoms with E-state index in [4.69, 9.17) is 4.74 Å². The van der Waals surface area contributed by atoms with Crippen molar-refractivity contribution in [3.8, 4) is 0 Å². The van der Waals surface area contributed by atoms with Crippen LogP contribution in [0.3, 0.4) is 0 Å². The molecule has 1 aromatic rings. The molecule has 17 heavy (non-hydrogen) atoms. The van der Waals surface area contributed by atoms with Crippen LogP contribution in [0.5, 0.6) is 0 Å². The summed E-state index contributed by atoms with van der Waals surface area (Å²) in [6.45, 7) is 3.11. The average molecular weight is 298 g/mol. The van der Waals surface area contributed by atoms with Crippen molar-refractivity contribution < 1.29 is 9.53 Å². The zero-order valence-electron chi connectivity index (χ0n) is 9.83. The number of hydrogen-bond acceptors (Lipinski definition) is 3. The van der Waals surface area contributed by atoms with E-state index in [9.17, 15) is 4.79 Å². The van der Waals surface area contributed by atoms with Crippen LogP contribution >= 0.6 is 15.9 Å². The van der Waals surface area contributed by atoms with Crippen molar-refractivity contribution in [2.24, 2.45) is 0 Å². The van der Waals surface area contributed by atoms with Crippen molar-refractivity contribution in [3.63, 3.8) is 0 Å². The number of nitrogens with one attached hydrogen (secondary N) is 1. The van der Waals surface area contributed by atoms with Gasteiger partial charge in [0.25, 0.3) is 0 Å². The lowest BCUT2D eigenvalue weighted by atomic mass is 10.0. The number of carbonyl (C=O) groups excluding carboxylic acids is 1. The lowest BCUT2D eigenvalue weighted by Gasteiger charge is -2.22. The fourth-order valence-electron chi connectivity index (χ4n) is 1.99. The molecule has 2 rings (SSSR count). The molecule has 0 aliphatic carbocycles. The third kappa shape index (κ3) is 2.87. The first kappa shape index (κ1) is 12.6. The molecular weight excluding hydrogens is 282 g/mol. The van der Waals surface area contributed by atoms with Gasteiger partial charge in [0.1, 0.15) is 12.1 Å². The molecule has 1 aromatic carbocycles. The van der Waals surface area contributed by atoms with E-state index in [1.807, 2.05) is 31.2 Å². The summed E-state index contributed by atoms with van der Waals surface area (Å²) in [4.78, 5) is 12.0. The van der Waals surface area contributed by atoms with E-state index in [1.165, 1.54) is 0 Å². The highest BCUT2D eigenvalue weighted by molar-refractivity contribution is 9.10. The highest BCUT2D eigenvalue weighted by Crippen LogP contribution is 2.22. The first-order chi connectivity index (χ1) is 8.12. The Morgan fingerprint density at radius 3 is 2.94 bits per heavy atom. The van der Waals surface area contributed by atoms with Gasteiger partial charge in [-0.2, -0.15) is 0 Å². The van der Waals surface area contributed by atoms with Gasteiger partial charge in [0.15, 0.2) is 0 Å². The average Bonchev–Trinajstić information content (AvgIpc) is 2.76. The maximum absolute atomic E-state index is 12.0. The summed E-state index contributed by atoms with van der Waals surface area (Å²) in [7, 11) is 0. The Morgan fingerprint density at radius 2 is 2.29 bits per heavy atom. The minimum absolute atomic E-state index is 0.161. The van der Waals surface area contributed by atoms with Gasteiger partial charge in [-0.3, -0.25) is 4.79 Å². The zero-order valence-corrected chi connectivity index (χ0v) is 11.4. The normalized spacial score (nSPS) is 23.6. The zero-order chi connectivity index (χ0) is 12.3. The van der Waals surface area contributed by atoms with Gasteiger partial charge in [0.05, 0.1) is 0 Å². The predicted octanol–water partition coefficient (Wildman–Crippen LogP) is 2.63. The quantitative estimate of drug-likeness (QED) is 0.872. The molecule has 92 valence electrons. The topological polar surface area (TPSA) is 38.3 Å². The standard InChI is InChI=1S/C13H16BrNO2/c1-13(7-4-8-15-13)12(16)17-9-10-5-2-3-6-11(10)14/h2-3,5-6,15H,4,7-9H2,1H3. The Morgan fingerprint density at radius 1 is 1.53 bits per heavy atom. The molecule has 1 aliphatic rings. The van der Waals surface area contributed by atoms with Crippen molar-refractivity contribution in [1.29, 1.82) is 0 Å². The molecule has 0 spiro atoms. The Bertz CT molecular complexity index is 414. The van der Waals surface area contributed by atoms with Crippen LogP contribution in [0, 0.1) is 0 Å². The Balaban J connectivity index is 1.94. The molecule has 1 atom stereocenters. The van der Waals surface area contributed by atoms with E-state index < -0.39 is 5.54 Å². The van der Waals surface area contributed by atoms with Gasteiger partial charge in [-0.05, 0) is 32.4 Å². The first-order valence-electron chi connectivity index (χ1n) is 5.77. The van der Waals surface area contributed by atoms with Crippen LogP contribution in [0.15, 0.2) is 28.7 Å². The largest absolute Gasteiger partial charge is 0.459 e. The third-order valence-electron chi connectivity index (χ3n) is 3.14. The number of hydrogen-bond donors (Lipinski definition) is 1. The molecule has 1 saturated heterocycles. The molecule has 0 saturated carbocycles. The molecule has 3 nitrogen and oxygen atoms in total. The Labute approximate surface area is 110 Å². The second-order valence-corrected chi connectivity index (χ2v) is 5.38. The van der Waals surface area contributed by atoms with Crippen LogP contribution in [-0.2, 0) is 16.1 Å². The van der Waals surface area contributed by atoms with Crippen LogP contribution < -0.4 is 5.32 Å². The van der Waals surface area contributed by atoms with Crippen LogP contribution in [0.2, 0.25) is 0 Å². The molecule has 1 fully saturated rings. The number of carbonyl (C=O) groups is 1. The van der Waals surface area contributed by atoms with Crippen LogP contribution in [0.25, 0.3) is 0 Å². The summed E-state index contributed by atoms with van der Waals surface area (Å²) in [6.07, 6.45) is 1.88. The van der Waals surface area contributed by atoms with E-state index in [0.29, 0.717) is 6.61 Å². The monoisotopic (exact) mass is 297 g/mol. The van der Waals surface area contributed by atoms with Gasteiger partial charge in [0, 0.05) is 10.0 Å². The molecule has 0 amide bonds. The van der Waals surface area contributed by atoms with Crippen molar-refractivity contribution in [3.05, 3.63) is 34.3 Å². The summed E-state index contributed by atoms with van der Waals surface area (Å²) in [5, 5.41) is 3.20. The van der Waals surface area contributed by atoms with E-state index in [2.05, 4.69) is 21.2 Å². The Hall–Kier alpha value is -0.870. The maximum atomic E-state index is 12.0. The molecule has 0 radical (unpaired) electrons. The molecule has 1 N–H and O–H groups in total. The summed E-state index contributed by atoms with van der Waals surface area (Å²) in [5.74, 6) is -0.161. The van der Waals surface area contributed by atoms with Gasteiger partial charge in [-0.25, -0.2) is 0 Å². The SMILES string of the molecule is CC1(C(=O)OCc2ccccc2Br)CCCN1. The summed E-state index contributed by atoms with van der Waals surface area (Å²) < 4.78 is 6.33. The fraction of sp³-hybridized carbons (Fsp3) is 0.462. The lowest BCUT2D eigenvalue weighted by molar-refractivity contribution is -0.151. The molecule has 0 aromatic heterocycles. The van der Waals surface area contributed by atoms with Crippen molar-refractivity contribution >= 4 is 21.9 Å². The summed E-state index contributed by atoms with van der Waals surface area (Å²) in [6, 6.07) is 7.76. The van der Waals surface area contributed by atoms with Crippen molar-refractivity contribution in [1.82, 2.24) is 5.32 Å². The van der Waals surface area contributed by atoms with Gasteiger partial charge >= 0.3 is 5.97 Å². The highest BCUT2D eigenvalue weighted by atomic mass is 79.9. The second-order valence-electron chi connectivity index (χ2n) is 4.53. The van der Waals surface area contributed by atoms with Gasteiger partial charge in [0.2, 0.25) is 0 Å². The van der Waals surface area contributed by atoms with Gasteiger partial charge in [-0.15, -0.1) is 0 Å². The molecule has 0 bridgehead atoms. The molecule has 1 aliphatic heterocycles. The van der Waals surface area contributed by atoms with E-state index in [1.54, 1.807) is 0 Å². The summed E-state index contributed by atoms with van der Waals surface area (Å²) in [5.41, 5.74) is 0.490.